The minimum Gasteiger partial charge on any atom is -0.360 e. The number of benzene rings is 1. The average Bonchev–Trinajstić information content (AvgIpc) is 3.07. The van der Waals surface area contributed by atoms with E-state index in [1.54, 1.807) is 0 Å². The second kappa shape index (κ2) is 5.97. The van der Waals surface area contributed by atoms with E-state index in [0.717, 1.165) is 26.9 Å². The van der Waals surface area contributed by atoms with Gasteiger partial charge < -0.3 is 19.4 Å². The van der Waals surface area contributed by atoms with Gasteiger partial charge in [0.15, 0.2) is 0 Å². The highest BCUT2D eigenvalue weighted by molar-refractivity contribution is 6.08. The molecule has 1 aliphatic rings. The van der Waals surface area contributed by atoms with Gasteiger partial charge in [0.1, 0.15) is 13.1 Å². The molecule has 2 heterocycles. The summed E-state index contributed by atoms with van der Waals surface area (Å²) in [5.41, 5.74) is 2.93. The first kappa shape index (κ1) is 14.3. The molecule has 1 atom stereocenters. The van der Waals surface area contributed by atoms with Crippen molar-refractivity contribution in [3.8, 4) is 0 Å². The third-order valence-electron chi connectivity index (χ3n) is 3.81. The summed E-state index contributed by atoms with van der Waals surface area (Å²) in [7, 11) is 1.99. The molecule has 1 saturated heterocycles. The van der Waals surface area contributed by atoms with Gasteiger partial charge in [0, 0.05) is 22.7 Å². The Morgan fingerprint density at radius 1 is 1.38 bits per heavy atom. The van der Waals surface area contributed by atoms with Crippen LogP contribution < -0.4 is 4.90 Å². The number of aromatic amines is 1. The summed E-state index contributed by atoms with van der Waals surface area (Å²) in [6, 6.07) is 6.11. The lowest BCUT2D eigenvalue weighted by molar-refractivity contribution is -0.876. The molecule has 112 valence electrons. The molecule has 1 fully saturated rings. The topological polar surface area (TPSA) is 55.8 Å². The number of carbonyl (C=O) groups excluding carboxylic acids is 1. The molecule has 1 aromatic carbocycles. The standard InChI is InChI=1S/C16H20N2O3/c1-11-3-4-14-12(7-11)13(8-17-14)15(19)9-18(2)10-16-20-5-6-21-16/h3-4,7-8,16-17H,5-6,9-10H2,1-2H3/p+1. The van der Waals surface area contributed by atoms with Crippen molar-refractivity contribution in [3.05, 3.63) is 35.5 Å². The first-order chi connectivity index (χ1) is 10.1. The predicted octanol–water partition coefficient (Wildman–Crippen LogP) is 0.547. The lowest BCUT2D eigenvalue weighted by Crippen LogP contribution is -3.11. The van der Waals surface area contributed by atoms with Crippen LogP contribution >= 0.6 is 0 Å². The molecular formula is C16H21N2O3+. The van der Waals surface area contributed by atoms with Crippen LogP contribution in [0.5, 0.6) is 0 Å². The Hall–Kier alpha value is -1.69. The van der Waals surface area contributed by atoms with Gasteiger partial charge in [0.05, 0.1) is 20.3 Å². The average molecular weight is 289 g/mol. The number of hydrogen-bond acceptors (Lipinski definition) is 3. The molecule has 3 rings (SSSR count). The quantitative estimate of drug-likeness (QED) is 0.790. The van der Waals surface area contributed by atoms with Crippen molar-refractivity contribution in [1.29, 1.82) is 0 Å². The number of ether oxygens (including phenoxy) is 2. The Kier molecular flexibility index (Phi) is 4.05. The van der Waals surface area contributed by atoms with Crippen molar-refractivity contribution < 1.29 is 19.2 Å². The SMILES string of the molecule is Cc1ccc2[nH]cc(C(=O)C[NH+](C)CC3OCCO3)c2c1. The number of rotatable bonds is 5. The van der Waals surface area contributed by atoms with Gasteiger partial charge >= 0.3 is 0 Å². The predicted molar refractivity (Wildman–Crippen MR) is 79.7 cm³/mol. The zero-order valence-corrected chi connectivity index (χ0v) is 12.4. The number of aromatic nitrogens is 1. The van der Waals surface area contributed by atoms with Gasteiger partial charge in [-0.3, -0.25) is 4.79 Å². The van der Waals surface area contributed by atoms with E-state index in [9.17, 15) is 4.79 Å². The summed E-state index contributed by atoms with van der Waals surface area (Å²) in [6.07, 6.45) is 1.63. The maximum atomic E-state index is 12.5. The summed E-state index contributed by atoms with van der Waals surface area (Å²) < 4.78 is 10.8. The van der Waals surface area contributed by atoms with E-state index >= 15 is 0 Å². The van der Waals surface area contributed by atoms with Gasteiger partial charge in [0.2, 0.25) is 12.1 Å². The van der Waals surface area contributed by atoms with Crippen molar-refractivity contribution in [2.45, 2.75) is 13.2 Å². The van der Waals surface area contributed by atoms with E-state index in [1.165, 1.54) is 0 Å². The van der Waals surface area contributed by atoms with Gasteiger partial charge in [0.25, 0.3) is 0 Å². The highest BCUT2D eigenvalue weighted by Gasteiger charge is 2.23. The fourth-order valence-corrected chi connectivity index (χ4v) is 2.72. The smallest absolute Gasteiger partial charge is 0.218 e. The van der Waals surface area contributed by atoms with Crippen molar-refractivity contribution in [3.63, 3.8) is 0 Å². The van der Waals surface area contributed by atoms with E-state index in [1.807, 2.05) is 32.3 Å². The van der Waals surface area contributed by atoms with E-state index < -0.39 is 0 Å². The molecule has 1 aromatic heterocycles. The zero-order chi connectivity index (χ0) is 14.8. The second-order valence-electron chi connectivity index (χ2n) is 5.68. The number of quaternary nitrogens is 1. The molecule has 0 spiro atoms. The van der Waals surface area contributed by atoms with Crippen LogP contribution in [0.4, 0.5) is 0 Å². The van der Waals surface area contributed by atoms with Crippen molar-refractivity contribution >= 4 is 16.7 Å². The molecule has 1 unspecified atom stereocenters. The van der Waals surface area contributed by atoms with Crippen molar-refractivity contribution in [2.75, 3.05) is 33.4 Å². The molecule has 2 N–H and O–H groups in total. The Morgan fingerprint density at radius 2 is 2.14 bits per heavy atom. The van der Waals surface area contributed by atoms with Crippen molar-refractivity contribution in [1.82, 2.24) is 4.98 Å². The Balaban J connectivity index is 1.70. The van der Waals surface area contributed by atoms with Crippen LogP contribution in [-0.2, 0) is 9.47 Å². The first-order valence-corrected chi connectivity index (χ1v) is 7.29. The fraction of sp³-hybridized carbons (Fsp3) is 0.438. The minimum absolute atomic E-state index is 0.141. The third-order valence-corrected chi connectivity index (χ3v) is 3.81. The van der Waals surface area contributed by atoms with Crippen LogP contribution in [0, 0.1) is 6.92 Å². The summed E-state index contributed by atoms with van der Waals surface area (Å²) in [6.45, 7) is 4.45. The van der Waals surface area contributed by atoms with Crippen molar-refractivity contribution in [2.24, 2.45) is 0 Å². The van der Waals surface area contributed by atoms with Gasteiger partial charge in [-0.1, -0.05) is 11.6 Å². The first-order valence-electron chi connectivity index (χ1n) is 7.29. The fourth-order valence-electron chi connectivity index (χ4n) is 2.72. The van der Waals surface area contributed by atoms with Crippen LogP contribution in [-0.4, -0.2) is 50.4 Å². The Bertz CT molecular complexity index is 644. The van der Waals surface area contributed by atoms with Crippen LogP contribution in [0.25, 0.3) is 10.9 Å². The molecule has 21 heavy (non-hydrogen) atoms. The molecule has 2 aromatic rings. The minimum atomic E-state index is -0.178. The molecule has 0 amide bonds. The number of H-pyrrole nitrogens is 1. The van der Waals surface area contributed by atoms with Gasteiger partial charge in [-0.15, -0.1) is 0 Å². The van der Waals surface area contributed by atoms with Gasteiger partial charge in [-0.05, 0) is 19.1 Å². The number of carbonyl (C=O) groups is 1. The molecule has 0 aliphatic carbocycles. The maximum Gasteiger partial charge on any atom is 0.218 e. The highest BCUT2D eigenvalue weighted by atomic mass is 16.7. The lowest BCUT2D eigenvalue weighted by atomic mass is 10.1. The normalized spacial score (nSPS) is 17.4. The number of fused-ring (bicyclic) bond motifs is 1. The highest BCUT2D eigenvalue weighted by Crippen LogP contribution is 2.19. The molecule has 0 radical (unpaired) electrons. The summed E-state index contributed by atoms with van der Waals surface area (Å²) in [5, 5.41) is 1.00. The van der Waals surface area contributed by atoms with Gasteiger partial charge in [-0.2, -0.15) is 0 Å². The number of nitrogens with one attached hydrogen (secondary N) is 2. The number of Topliss-reactive ketones (excluding diaryl/α,β-unsaturated/α-hetero) is 1. The van der Waals surface area contributed by atoms with Crippen LogP contribution in [0.3, 0.4) is 0 Å². The molecule has 5 nitrogen and oxygen atoms in total. The monoisotopic (exact) mass is 289 g/mol. The lowest BCUT2D eigenvalue weighted by Gasteiger charge is -2.16. The summed E-state index contributed by atoms with van der Waals surface area (Å²) in [4.78, 5) is 16.7. The Labute approximate surface area is 123 Å². The summed E-state index contributed by atoms with van der Waals surface area (Å²) in [5.74, 6) is 0.141. The molecule has 0 saturated carbocycles. The van der Waals surface area contributed by atoms with Gasteiger partial charge in [-0.25, -0.2) is 0 Å². The molecule has 0 bridgehead atoms. The maximum absolute atomic E-state index is 12.5. The van der Waals surface area contributed by atoms with E-state index in [-0.39, 0.29) is 12.1 Å². The Morgan fingerprint density at radius 3 is 2.90 bits per heavy atom. The summed E-state index contributed by atoms with van der Waals surface area (Å²) >= 11 is 0. The van der Waals surface area contributed by atoms with Crippen LogP contribution in [0.1, 0.15) is 15.9 Å². The zero-order valence-electron chi connectivity index (χ0n) is 12.4. The van der Waals surface area contributed by atoms with E-state index in [0.29, 0.717) is 26.3 Å². The molecule has 1 aliphatic heterocycles. The largest absolute Gasteiger partial charge is 0.360 e. The molecular weight excluding hydrogens is 268 g/mol. The molecule has 5 heteroatoms. The number of hydrogen-bond donors (Lipinski definition) is 2. The second-order valence-corrected chi connectivity index (χ2v) is 5.68. The third kappa shape index (κ3) is 3.15. The van der Waals surface area contributed by atoms with E-state index in [2.05, 4.69) is 11.1 Å². The van der Waals surface area contributed by atoms with Crippen LogP contribution in [0.15, 0.2) is 24.4 Å². The van der Waals surface area contributed by atoms with E-state index in [4.69, 9.17) is 9.47 Å². The number of aryl methyl sites for hydroxylation is 1. The number of likely N-dealkylation sites (N-methyl/N-ethyl adjacent to an activating group) is 1. The van der Waals surface area contributed by atoms with Crippen LogP contribution in [0.2, 0.25) is 0 Å². The number of ketones is 1.